The minimum absolute atomic E-state index is 0.0177. The van der Waals surface area contributed by atoms with Crippen LogP contribution in [0, 0.1) is 3.57 Å². The molecule has 20 heavy (non-hydrogen) atoms. The smallest absolute Gasteiger partial charge is 0.168 e. The van der Waals surface area contributed by atoms with E-state index in [1.54, 1.807) is 23.9 Å². The van der Waals surface area contributed by atoms with Gasteiger partial charge in [-0.1, -0.05) is 36.2 Å². The van der Waals surface area contributed by atoms with Crippen LogP contribution in [0.1, 0.15) is 28.7 Å². The summed E-state index contributed by atoms with van der Waals surface area (Å²) in [7, 11) is 1.80. The number of aromatic nitrogens is 2. The predicted molar refractivity (Wildman–Crippen MR) is 89.8 cm³/mol. The summed E-state index contributed by atoms with van der Waals surface area (Å²) in [5, 5.41) is 5.48. The zero-order chi connectivity index (χ0) is 14.9. The highest BCUT2D eigenvalue weighted by Gasteiger charge is 2.17. The monoisotopic (exact) mass is 422 g/mol. The van der Waals surface area contributed by atoms with Gasteiger partial charge in [-0.25, -0.2) is 0 Å². The number of carbonyl (C=O) groups excluding carboxylic acids is 1. The topological polar surface area (TPSA) is 34.9 Å². The molecule has 0 aliphatic rings. The van der Waals surface area contributed by atoms with Crippen LogP contribution >= 0.6 is 45.8 Å². The van der Waals surface area contributed by atoms with Gasteiger partial charge < -0.3 is 0 Å². The summed E-state index contributed by atoms with van der Waals surface area (Å²) in [6.45, 7) is 1.98. The van der Waals surface area contributed by atoms with Crippen molar-refractivity contribution in [3.8, 4) is 0 Å². The first-order valence-corrected chi connectivity index (χ1v) is 7.96. The molecule has 3 nitrogen and oxygen atoms in total. The van der Waals surface area contributed by atoms with Gasteiger partial charge in [0, 0.05) is 16.2 Å². The first-order chi connectivity index (χ1) is 9.43. The quantitative estimate of drug-likeness (QED) is 0.543. The first kappa shape index (κ1) is 15.8. The van der Waals surface area contributed by atoms with E-state index in [2.05, 4.69) is 27.7 Å². The van der Waals surface area contributed by atoms with Crippen molar-refractivity contribution in [3.05, 3.63) is 48.8 Å². The number of hydrogen-bond donors (Lipinski definition) is 0. The fourth-order valence-corrected chi connectivity index (χ4v) is 2.81. The van der Waals surface area contributed by atoms with Gasteiger partial charge in [0.15, 0.2) is 5.78 Å². The Hall–Kier alpha value is -0.590. The van der Waals surface area contributed by atoms with Gasteiger partial charge >= 0.3 is 0 Å². The van der Waals surface area contributed by atoms with Crippen LogP contribution in [-0.2, 0) is 19.9 Å². The van der Waals surface area contributed by atoms with Crippen molar-refractivity contribution in [2.45, 2.75) is 19.8 Å². The molecular weight excluding hydrogens is 410 g/mol. The number of benzene rings is 1. The van der Waals surface area contributed by atoms with Crippen molar-refractivity contribution in [1.29, 1.82) is 0 Å². The van der Waals surface area contributed by atoms with E-state index in [1.807, 2.05) is 13.0 Å². The normalized spacial score (nSPS) is 10.8. The molecule has 2 aromatic rings. The molecule has 0 bridgehead atoms. The maximum atomic E-state index is 12.3. The predicted octanol–water partition coefficient (Wildman–Crippen LogP) is 4.32. The van der Waals surface area contributed by atoms with Crippen molar-refractivity contribution < 1.29 is 4.79 Å². The summed E-state index contributed by atoms with van der Waals surface area (Å²) < 4.78 is 2.60. The van der Waals surface area contributed by atoms with Gasteiger partial charge in [0.1, 0.15) is 0 Å². The van der Waals surface area contributed by atoms with Gasteiger partial charge in [-0.3, -0.25) is 9.48 Å². The van der Waals surface area contributed by atoms with Gasteiger partial charge in [0.2, 0.25) is 0 Å². The van der Waals surface area contributed by atoms with Crippen LogP contribution in [0.25, 0.3) is 0 Å². The van der Waals surface area contributed by atoms with Crippen LogP contribution in [0.5, 0.6) is 0 Å². The van der Waals surface area contributed by atoms with E-state index < -0.39 is 0 Å². The molecule has 2 rings (SSSR count). The molecule has 106 valence electrons. The summed E-state index contributed by atoms with van der Waals surface area (Å²) in [6, 6.07) is 5.30. The molecule has 0 saturated carbocycles. The van der Waals surface area contributed by atoms with Crippen molar-refractivity contribution >= 4 is 51.6 Å². The molecule has 0 amide bonds. The van der Waals surface area contributed by atoms with Gasteiger partial charge in [-0.15, -0.1) is 0 Å². The molecule has 0 spiro atoms. The number of rotatable bonds is 4. The largest absolute Gasteiger partial charge is 0.294 e. The number of nitrogens with zero attached hydrogens (tertiary/aromatic N) is 2. The van der Waals surface area contributed by atoms with Crippen LogP contribution in [-0.4, -0.2) is 15.6 Å². The highest BCUT2D eigenvalue weighted by molar-refractivity contribution is 14.1. The van der Waals surface area contributed by atoms with E-state index >= 15 is 0 Å². The van der Waals surface area contributed by atoms with Gasteiger partial charge in [0.05, 0.1) is 27.9 Å². The lowest BCUT2D eigenvalue weighted by Gasteiger charge is -2.04. The molecule has 1 aromatic heterocycles. The van der Waals surface area contributed by atoms with Crippen LogP contribution in [0.4, 0.5) is 0 Å². The van der Waals surface area contributed by atoms with Crippen LogP contribution in [0.2, 0.25) is 10.0 Å². The number of ketones is 1. The fourth-order valence-electron chi connectivity index (χ4n) is 1.94. The number of Topliss-reactive ketones (excluding diaryl/α,β-unsaturated/α-hetero) is 1. The summed E-state index contributed by atoms with van der Waals surface area (Å²) in [5.41, 5.74) is 2.14. The van der Waals surface area contributed by atoms with Crippen LogP contribution in [0.15, 0.2) is 18.2 Å². The van der Waals surface area contributed by atoms with E-state index in [-0.39, 0.29) is 12.2 Å². The van der Waals surface area contributed by atoms with E-state index in [0.717, 1.165) is 21.4 Å². The third kappa shape index (κ3) is 3.18. The molecule has 0 N–H and O–H groups in total. The Morgan fingerprint density at radius 2 is 2.10 bits per heavy atom. The molecular formula is C14H13Cl2IN2O. The zero-order valence-corrected chi connectivity index (χ0v) is 14.8. The van der Waals surface area contributed by atoms with E-state index in [4.69, 9.17) is 23.2 Å². The maximum Gasteiger partial charge on any atom is 0.168 e. The Morgan fingerprint density at radius 3 is 2.65 bits per heavy atom. The van der Waals surface area contributed by atoms with E-state index in [9.17, 15) is 4.79 Å². The van der Waals surface area contributed by atoms with Crippen LogP contribution < -0.4 is 0 Å². The Balaban J connectivity index is 2.28. The third-order valence-electron chi connectivity index (χ3n) is 3.07. The molecule has 0 aliphatic heterocycles. The summed E-state index contributed by atoms with van der Waals surface area (Å²) in [6.07, 6.45) is 0.968. The van der Waals surface area contributed by atoms with Crippen molar-refractivity contribution in [1.82, 2.24) is 9.78 Å². The highest BCUT2D eigenvalue weighted by atomic mass is 127. The van der Waals surface area contributed by atoms with Crippen molar-refractivity contribution in [2.75, 3.05) is 0 Å². The van der Waals surface area contributed by atoms with Gasteiger partial charge in [-0.05, 0) is 41.1 Å². The summed E-state index contributed by atoms with van der Waals surface area (Å²) in [4.78, 5) is 12.3. The lowest BCUT2D eigenvalue weighted by atomic mass is 10.1. The molecule has 0 atom stereocenters. The number of hydrogen-bond acceptors (Lipinski definition) is 2. The second-order valence-electron chi connectivity index (χ2n) is 4.41. The molecule has 1 heterocycles. The first-order valence-electron chi connectivity index (χ1n) is 6.12. The molecule has 0 aliphatic carbocycles. The highest BCUT2D eigenvalue weighted by Crippen LogP contribution is 2.24. The Bertz CT molecular complexity index is 667. The molecule has 0 unspecified atom stereocenters. The second-order valence-corrected chi connectivity index (χ2v) is 6.36. The minimum Gasteiger partial charge on any atom is -0.294 e. The number of carbonyl (C=O) groups is 1. The average molecular weight is 423 g/mol. The Kier molecular flexibility index (Phi) is 5.09. The van der Waals surface area contributed by atoms with Crippen LogP contribution in [0.3, 0.4) is 0 Å². The molecule has 0 saturated heterocycles. The van der Waals surface area contributed by atoms with Crippen molar-refractivity contribution in [2.24, 2.45) is 7.05 Å². The molecule has 0 radical (unpaired) electrons. The van der Waals surface area contributed by atoms with E-state index in [0.29, 0.717) is 15.6 Å². The maximum absolute atomic E-state index is 12.3. The minimum atomic E-state index is -0.0177. The lowest BCUT2D eigenvalue weighted by Crippen LogP contribution is -2.08. The Labute approximate surface area is 141 Å². The SMILES string of the molecule is CCc1nn(C)c(CC(=O)c2ccc(I)c(Cl)c2)c1Cl. The molecule has 1 aromatic carbocycles. The fraction of sp³-hybridized carbons (Fsp3) is 0.286. The van der Waals surface area contributed by atoms with Crippen molar-refractivity contribution in [3.63, 3.8) is 0 Å². The lowest BCUT2D eigenvalue weighted by molar-refractivity contribution is 0.0990. The summed E-state index contributed by atoms with van der Waals surface area (Å²) >= 11 is 14.4. The second kappa shape index (κ2) is 6.45. The van der Waals surface area contributed by atoms with Gasteiger partial charge in [-0.2, -0.15) is 5.10 Å². The number of halogens is 3. The average Bonchev–Trinajstić information content (AvgIpc) is 2.69. The molecule has 6 heteroatoms. The zero-order valence-electron chi connectivity index (χ0n) is 11.1. The third-order valence-corrected chi connectivity index (χ3v) is 5.08. The standard InChI is InChI=1S/C14H13Cl2IN2O/c1-3-11-14(16)12(19(2)18-11)7-13(20)8-4-5-10(17)9(15)6-8/h4-6H,3,7H2,1-2H3. The Morgan fingerprint density at radius 1 is 1.40 bits per heavy atom. The molecule has 0 fully saturated rings. The number of aryl methyl sites for hydroxylation is 2. The summed E-state index contributed by atoms with van der Waals surface area (Å²) in [5.74, 6) is -0.0177. The van der Waals surface area contributed by atoms with E-state index in [1.165, 1.54) is 0 Å². The van der Waals surface area contributed by atoms with Gasteiger partial charge in [0.25, 0.3) is 0 Å².